The average Bonchev–Trinajstić information content (AvgIpc) is 2.84. The minimum Gasteiger partial charge on any atom is -0.456 e. The standard InChI is InChI=1S/C16H19NO2/c1-4-14(13-8-5-11(2)6-9-13)17-16(18)15-10-7-12(3)19-15/h5-10,14H,4H2,1-3H3,(H,17,18). The van der Waals surface area contributed by atoms with Crippen molar-refractivity contribution in [2.75, 3.05) is 0 Å². The number of benzene rings is 1. The van der Waals surface area contributed by atoms with Crippen LogP contribution in [0.2, 0.25) is 0 Å². The largest absolute Gasteiger partial charge is 0.456 e. The Hall–Kier alpha value is -2.03. The fourth-order valence-electron chi connectivity index (χ4n) is 2.01. The van der Waals surface area contributed by atoms with Crippen LogP contribution >= 0.6 is 0 Å². The van der Waals surface area contributed by atoms with E-state index in [9.17, 15) is 4.79 Å². The fourth-order valence-corrected chi connectivity index (χ4v) is 2.01. The summed E-state index contributed by atoms with van der Waals surface area (Å²) >= 11 is 0. The maximum absolute atomic E-state index is 12.1. The molecule has 0 spiro atoms. The van der Waals surface area contributed by atoms with Gasteiger partial charge in [0.15, 0.2) is 5.76 Å². The van der Waals surface area contributed by atoms with Crippen LogP contribution in [0.4, 0.5) is 0 Å². The summed E-state index contributed by atoms with van der Waals surface area (Å²) in [7, 11) is 0. The Bertz CT molecular complexity index is 554. The predicted octanol–water partition coefficient (Wildman–Crippen LogP) is 3.78. The number of rotatable bonds is 4. The third kappa shape index (κ3) is 3.25. The fraction of sp³-hybridized carbons (Fsp3) is 0.312. The molecule has 0 saturated heterocycles. The van der Waals surface area contributed by atoms with Gasteiger partial charge in [-0.05, 0) is 38.0 Å². The minimum atomic E-state index is -0.166. The van der Waals surface area contributed by atoms with Crippen LogP contribution < -0.4 is 5.32 Å². The minimum absolute atomic E-state index is 0.0125. The lowest BCUT2D eigenvalue weighted by atomic mass is 10.0. The van der Waals surface area contributed by atoms with E-state index in [0.717, 1.165) is 17.7 Å². The molecular weight excluding hydrogens is 238 g/mol. The van der Waals surface area contributed by atoms with Gasteiger partial charge in [-0.2, -0.15) is 0 Å². The van der Waals surface area contributed by atoms with Crippen LogP contribution in [-0.4, -0.2) is 5.91 Å². The van der Waals surface area contributed by atoms with E-state index in [1.54, 1.807) is 12.1 Å². The predicted molar refractivity (Wildman–Crippen MR) is 75.1 cm³/mol. The van der Waals surface area contributed by atoms with Gasteiger partial charge >= 0.3 is 0 Å². The van der Waals surface area contributed by atoms with Crippen LogP contribution in [-0.2, 0) is 0 Å². The molecule has 2 aromatic rings. The molecule has 2 rings (SSSR count). The summed E-state index contributed by atoms with van der Waals surface area (Å²) in [4.78, 5) is 12.1. The van der Waals surface area contributed by atoms with Crippen molar-refractivity contribution in [2.45, 2.75) is 33.2 Å². The molecule has 0 fully saturated rings. The van der Waals surface area contributed by atoms with Crippen molar-refractivity contribution >= 4 is 5.91 Å². The van der Waals surface area contributed by atoms with Gasteiger partial charge in [0.1, 0.15) is 5.76 Å². The van der Waals surface area contributed by atoms with Gasteiger partial charge in [-0.3, -0.25) is 4.79 Å². The highest BCUT2D eigenvalue weighted by atomic mass is 16.3. The molecule has 0 aliphatic carbocycles. The summed E-state index contributed by atoms with van der Waals surface area (Å²) < 4.78 is 5.33. The Balaban J connectivity index is 2.11. The van der Waals surface area contributed by atoms with Crippen LogP contribution in [0, 0.1) is 13.8 Å². The number of amides is 1. The number of hydrogen-bond donors (Lipinski definition) is 1. The average molecular weight is 257 g/mol. The first-order valence-corrected chi connectivity index (χ1v) is 6.54. The molecule has 3 heteroatoms. The highest BCUT2D eigenvalue weighted by Crippen LogP contribution is 2.18. The zero-order valence-corrected chi connectivity index (χ0v) is 11.6. The van der Waals surface area contributed by atoms with Gasteiger partial charge in [0.25, 0.3) is 5.91 Å². The SMILES string of the molecule is CCC(NC(=O)c1ccc(C)o1)c1ccc(C)cc1. The second kappa shape index (κ2) is 5.74. The lowest BCUT2D eigenvalue weighted by Gasteiger charge is -2.16. The van der Waals surface area contributed by atoms with E-state index in [-0.39, 0.29) is 11.9 Å². The molecule has 3 nitrogen and oxygen atoms in total. The van der Waals surface area contributed by atoms with Gasteiger partial charge < -0.3 is 9.73 Å². The molecule has 0 bridgehead atoms. The Morgan fingerprint density at radius 3 is 2.37 bits per heavy atom. The van der Waals surface area contributed by atoms with Gasteiger partial charge in [-0.15, -0.1) is 0 Å². The summed E-state index contributed by atoms with van der Waals surface area (Å²) in [6, 6.07) is 11.7. The van der Waals surface area contributed by atoms with Crippen molar-refractivity contribution in [3.63, 3.8) is 0 Å². The maximum Gasteiger partial charge on any atom is 0.287 e. The number of carbonyl (C=O) groups excluding carboxylic acids is 1. The topological polar surface area (TPSA) is 42.2 Å². The van der Waals surface area contributed by atoms with Crippen molar-refractivity contribution in [1.82, 2.24) is 5.32 Å². The highest BCUT2D eigenvalue weighted by Gasteiger charge is 2.16. The molecule has 0 aliphatic rings. The van der Waals surface area contributed by atoms with E-state index in [4.69, 9.17) is 4.42 Å². The summed E-state index contributed by atoms with van der Waals surface area (Å²) in [5.74, 6) is 0.942. The van der Waals surface area contributed by atoms with Crippen molar-refractivity contribution in [3.8, 4) is 0 Å². The lowest BCUT2D eigenvalue weighted by Crippen LogP contribution is -2.27. The smallest absolute Gasteiger partial charge is 0.287 e. The molecule has 1 atom stereocenters. The van der Waals surface area contributed by atoms with Crippen LogP contribution in [0.15, 0.2) is 40.8 Å². The molecular formula is C16H19NO2. The molecule has 1 aromatic carbocycles. The Morgan fingerprint density at radius 2 is 1.84 bits per heavy atom. The number of carbonyl (C=O) groups is 1. The molecule has 1 amide bonds. The van der Waals surface area contributed by atoms with Crippen LogP contribution in [0.25, 0.3) is 0 Å². The molecule has 1 heterocycles. The van der Waals surface area contributed by atoms with Crippen molar-refractivity contribution in [1.29, 1.82) is 0 Å². The van der Waals surface area contributed by atoms with Crippen LogP contribution in [0.3, 0.4) is 0 Å². The van der Waals surface area contributed by atoms with E-state index < -0.39 is 0 Å². The van der Waals surface area contributed by atoms with Crippen molar-refractivity contribution < 1.29 is 9.21 Å². The van der Waals surface area contributed by atoms with Gasteiger partial charge in [0.2, 0.25) is 0 Å². The Kier molecular flexibility index (Phi) is 4.05. The zero-order valence-electron chi connectivity index (χ0n) is 11.6. The van der Waals surface area contributed by atoms with Gasteiger partial charge in [0.05, 0.1) is 6.04 Å². The first kappa shape index (κ1) is 13.4. The highest BCUT2D eigenvalue weighted by molar-refractivity contribution is 5.91. The molecule has 1 aromatic heterocycles. The summed E-state index contributed by atoms with van der Waals surface area (Å²) in [6.07, 6.45) is 0.842. The van der Waals surface area contributed by atoms with Gasteiger partial charge in [0, 0.05) is 0 Å². The molecule has 19 heavy (non-hydrogen) atoms. The summed E-state index contributed by atoms with van der Waals surface area (Å²) in [5.41, 5.74) is 2.33. The molecule has 1 unspecified atom stereocenters. The second-order valence-electron chi connectivity index (χ2n) is 4.76. The van der Waals surface area contributed by atoms with E-state index in [0.29, 0.717) is 5.76 Å². The number of aryl methyl sites for hydroxylation is 2. The molecule has 100 valence electrons. The third-order valence-corrected chi connectivity index (χ3v) is 3.16. The van der Waals surface area contributed by atoms with Crippen molar-refractivity contribution in [2.24, 2.45) is 0 Å². The van der Waals surface area contributed by atoms with Crippen LogP contribution in [0.1, 0.15) is 46.8 Å². The maximum atomic E-state index is 12.1. The monoisotopic (exact) mass is 257 g/mol. The Labute approximate surface area is 113 Å². The Morgan fingerprint density at radius 1 is 1.16 bits per heavy atom. The van der Waals surface area contributed by atoms with E-state index in [1.807, 2.05) is 6.92 Å². The van der Waals surface area contributed by atoms with Gasteiger partial charge in [-0.25, -0.2) is 0 Å². The van der Waals surface area contributed by atoms with E-state index >= 15 is 0 Å². The molecule has 0 radical (unpaired) electrons. The molecule has 0 aliphatic heterocycles. The van der Waals surface area contributed by atoms with E-state index in [1.165, 1.54) is 5.56 Å². The quantitative estimate of drug-likeness (QED) is 0.905. The summed E-state index contributed by atoms with van der Waals surface area (Å²) in [6.45, 7) is 5.93. The van der Waals surface area contributed by atoms with Crippen LogP contribution in [0.5, 0.6) is 0 Å². The number of furan rings is 1. The summed E-state index contributed by atoms with van der Waals surface area (Å²) in [5, 5.41) is 3.00. The van der Waals surface area contributed by atoms with Crippen molar-refractivity contribution in [3.05, 3.63) is 59.0 Å². The number of nitrogens with one attached hydrogen (secondary N) is 1. The zero-order chi connectivity index (χ0) is 13.8. The van der Waals surface area contributed by atoms with E-state index in [2.05, 4.69) is 43.4 Å². The number of hydrogen-bond acceptors (Lipinski definition) is 2. The third-order valence-electron chi connectivity index (χ3n) is 3.16. The molecule has 0 saturated carbocycles. The normalized spacial score (nSPS) is 12.2. The lowest BCUT2D eigenvalue weighted by molar-refractivity contribution is 0.0906. The second-order valence-corrected chi connectivity index (χ2v) is 4.76. The first-order valence-electron chi connectivity index (χ1n) is 6.54. The van der Waals surface area contributed by atoms with Gasteiger partial charge in [-0.1, -0.05) is 36.8 Å². The first-order chi connectivity index (χ1) is 9.10. The molecule has 1 N–H and O–H groups in total.